The lowest BCUT2D eigenvalue weighted by Gasteiger charge is -2.35. The maximum atomic E-state index is 12.5. The van der Waals surface area contributed by atoms with Crippen molar-refractivity contribution in [1.29, 1.82) is 0 Å². The van der Waals surface area contributed by atoms with Gasteiger partial charge in [-0.3, -0.25) is 14.5 Å². The highest BCUT2D eigenvalue weighted by molar-refractivity contribution is 6.35. The quantitative estimate of drug-likeness (QED) is 0.607. The summed E-state index contributed by atoms with van der Waals surface area (Å²) in [6, 6.07) is 15.6. The lowest BCUT2D eigenvalue weighted by atomic mass is 10.0. The van der Waals surface area contributed by atoms with Crippen LogP contribution < -0.4 is 20.3 Å². The van der Waals surface area contributed by atoms with Crippen LogP contribution in [0.2, 0.25) is 0 Å². The summed E-state index contributed by atoms with van der Waals surface area (Å²) in [5, 5.41) is 5.47. The predicted molar refractivity (Wildman–Crippen MR) is 124 cm³/mol. The van der Waals surface area contributed by atoms with Crippen molar-refractivity contribution in [1.82, 2.24) is 15.5 Å². The number of amides is 2. The minimum absolute atomic E-state index is 0.0407. The van der Waals surface area contributed by atoms with Crippen LogP contribution >= 0.6 is 0 Å². The fraction of sp³-hybridized carbons (Fsp3) is 0.417. The molecule has 1 aliphatic rings. The molecule has 3 rings (SSSR count). The Balaban J connectivity index is 1.61. The van der Waals surface area contributed by atoms with E-state index < -0.39 is 11.8 Å². The van der Waals surface area contributed by atoms with Gasteiger partial charge in [0.2, 0.25) is 0 Å². The van der Waals surface area contributed by atoms with Crippen molar-refractivity contribution in [3.63, 3.8) is 0 Å². The first-order chi connectivity index (χ1) is 15.5. The van der Waals surface area contributed by atoms with Crippen molar-refractivity contribution < 1.29 is 19.1 Å². The highest BCUT2D eigenvalue weighted by Crippen LogP contribution is 2.24. The predicted octanol–water partition coefficient (Wildman–Crippen LogP) is 1.57. The number of carbonyl (C=O) groups excluding carboxylic acids is 2. The highest BCUT2D eigenvalue weighted by Gasteiger charge is 2.24. The van der Waals surface area contributed by atoms with Crippen LogP contribution in [-0.2, 0) is 20.9 Å². The van der Waals surface area contributed by atoms with Crippen LogP contribution in [0.1, 0.15) is 17.2 Å². The van der Waals surface area contributed by atoms with Crippen molar-refractivity contribution in [3.05, 3.63) is 59.7 Å². The molecule has 172 valence electrons. The van der Waals surface area contributed by atoms with Gasteiger partial charge in [-0.05, 0) is 23.8 Å². The number of nitrogens with one attached hydrogen (secondary N) is 2. The van der Waals surface area contributed by atoms with Gasteiger partial charge in [-0.2, -0.15) is 0 Å². The Labute approximate surface area is 189 Å². The summed E-state index contributed by atoms with van der Waals surface area (Å²) in [6.07, 6.45) is 0. The van der Waals surface area contributed by atoms with Gasteiger partial charge in [0.15, 0.2) is 0 Å². The second-order valence-electron chi connectivity index (χ2n) is 7.85. The fourth-order valence-electron chi connectivity index (χ4n) is 3.72. The molecule has 1 fully saturated rings. The van der Waals surface area contributed by atoms with E-state index in [4.69, 9.17) is 9.47 Å². The van der Waals surface area contributed by atoms with Crippen LogP contribution in [0.3, 0.4) is 0 Å². The molecular formula is C24H32N4O4. The fourth-order valence-corrected chi connectivity index (χ4v) is 3.72. The third kappa shape index (κ3) is 6.21. The molecule has 8 heteroatoms. The van der Waals surface area contributed by atoms with Crippen LogP contribution in [0.5, 0.6) is 5.75 Å². The number of carbonyl (C=O) groups is 2. The zero-order valence-corrected chi connectivity index (χ0v) is 19.0. The summed E-state index contributed by atoms with van der Waals surface area (Å²) in [5.74, 6) is -0.649. The Morgan fingerprint density at radius 2 is 1.69 bits per heavy atom. The zero-order chi connectivity index (χ0) is 22.9. The van der Waals surface area contributed by atoms with E-state index in [2.05, 4.69) is 39.8 Å². The molecule has 1 atom stereocenters. The van der Waals surface area contributed by atoms with Gasteiger partial charge in [-0.25, -0.2) is 0 Å². The first-order valence-electron chi connectivity index (χ1n) is 10.8. The largest absolute Gasteiger partial charge is 0.496 e. The summed E-state index contributed by atoms with van der Waals surface area (Å²) >= 11 is 0. The number of methoxy groups -OCH3 is 1. The smallest absolute Gasteiger partial charge is 0.309 e. The number of para-hydroxylation sites is 1. The van der Waals surface area contributed by atoms with Gasteiger partial charge < -0.3 is 25.0 Å². The molecule has 8 nitrogen and oxygen atoms in total. The molecule has 2 aromatic carbocycles. The maximum Gasteiger partial charge on any atom is 0.309 e. The molecule has 0 radical (unpaired) electrons. The van der Waals surface area contributed by atoms with Crippen LogP contribution in [0, 0.1) is 0 Å². The monoisotopic (exact) mass is 440 g/mol. The van der Waals surface area contributed by atoms with E-state index in [0.29, 0.717) is 25.5 Å². The average molecular weight is 441 g/mol. The van der Waals surface area contributed by atoms with Crippen molar-refractivity contribution in [2.75, 3.05) is 59.0 Å². The number of hydrogen-bond acceptors (Lipinski definition) is 6. The third-order valence-electron chi connectivity index (χ3n) is 5.57. The second-order valence-corrected chi connectivity index (χ2v) is 7.85. The van der Waals surface area contributed by atoms with Crippen molar-refractivity contribution in [2.24, 2.45) is 0 Å². The van der Waals surface area contributed by atoms with E-state index in [1.807, 2.05) is 43.3 Å². The van der Waals surface area contributed by atoms with Gasteiger partial charge in [0.1, 0.15) is 5.75 Å². The van der Waals surface area contributed by atoms with Crippen molar-refractivity contribution >= 4 is 17.5 Å². The van der Waals surface area contributed by atoms with E-state index in [1.165, 1.54) is 0 Å². The van der Waals surface area contributed by atoms with Gasteiger partial charge >= 0.3 is 11.8 Å². The molecule has 1 unspecified atom stereocenters. The molecular weight excluding hydrogens is 408 g/mol. The molecule has 1 aliphatic heterocycles. The Kier molecular flexibility index (Phi) is 8.47. The molecule has 0 saturated carbocycles. The number of rotatable bonds is 8. The minimum Gasteiger partial charge on any atom is -0.496 e. The highest BCUT2D eigenvalue weighted by atomic mass is 16.5. The number of hydrogen-bond donors (Lipinski definition) is 2. The SMILES string of the molecule is COc1ccccc1CNC(=O)C(=O)NCC(c1ccc(N(C)C)cc1)N1CCOCC1. The maximum absolute atomic E-state index is 12.5. The van der Waals surface area contributed by atoms with Crippen LogP contribution in [-0.4, -0.2) is 70.8 Å². The summed E-state index contributed by atoms with van der Waals surface area (Å²) in [4.78, 5) is 29.2. The Morgan fingerprint density at radius 1 is 1.03 bits per heavy atom. The molecule has 2 amide bonds. The molecule has 0 spiro atoms. The number of ether oxygens (including phenoxy) is 2. The Hall–Kier alpha value is -3.10. The van der Waals surface area contributed by atoms with Gasteiger partial charge in [0.25, 0.3) is 0 Å². The normalized spacial score (nSPS) is 15.0. The number of benzene rings is 2. The summed E-state index contributed by atoms with van der Waals surface area (Å²) in [7, 11) is 5.57. The first-order valence-corrected chi connectivity index (χ1v) is 10.8. The third-order valence-corrected chi connectivity index (χ3v) is 5.57. The van der Waals surface area contributed by atoms with E-state index in [0.717, 1.165) is 29.9 Å². The van der Waals surface area contributed by atoms with E-state index in [-0.39, 0.29) is 12.6 Å². The topological polar surface area (TPSA) is 83.1 Å². The van der Waals surface area contributed by atoms with Crippen molar-refractivity contribution in [2.45, 2.75) is 12.6 Å². The van der Waals surface area contributed by atoms with Gasteiger partial charge in [0.05, 0.1) is 26.4 Å². The molecule has 0 aromatic heterocycles. The van der Waals surface area contributed by atoms with E-state index >= 15 is 0 Å². The van der Waals surface area contributed by atoms with E-state index in [1.54, 1.807) is 7.11 Å². The van der Waals surface area contributed by atoms with Crippen LogP contribution in [0.25, 0.3) is 0 Å². The standard InChI is InChI=1S/C24H32N4O4/c1-27(2)20-10-8-18(9-11-20)21(28-12-14-32-15-13-28)17-26-24(30)23(29)25-16-19-6-4-5-7-22(19)31-3/h4-11,21H,12-17H2,1-3H3,(H,25,29)(H,26,30). The molecule has 32 heavy (non-hydrogen) atoms. The summed E-state index contributed by atoms with van der Waals surface area (Å²) in [6.45, 7) is 3.41. The molecule has 0 bridgehead atoms. The Bertz CT molecular complexity index is 895. The van der Waals surface area contributed by atoms with Crippen molar-refractivity contribution in [3.8, 4) is 5.75 Å². The summed E-state index contributed by atoms with van der Waals surface area (Å²) < 4.78 is 10.8. The number of anilines is 1. The van der Waals surface area contributed by atoms with Gasteiger partial charge in [-0.1, -0.05) is 30.3 Å². The lowest BCUT2D eigenvalue weighted by molar-refractivity contribution is -0.139. The first kappa shape index (κ1) is 23.6. The summed E-state index contributed by atoms with van der Waals surface area (Å²) in [5.41, 5.74) is 3.00. The zero-order valence-electron chi connectivity index (χ0n) is 19.0. The van der Waals surface area contributed by atoms with Crippen LogP contribution in [0.4, 0.5) is 5.69 Å². The minimum atomic E-state index is -0.667. The lowest BCUT2D eigenvalue weighted by Crippen LogP contribution is -2.46. The van der Waals surface area contributed by atoms with Crippen LogP contribution in [0.15, 0.2) is 48.5 Å². The molecule has 2 aromatic rings. The molecule has 1 heterocycles. The number of morpholine rings is 1. The molecule has 0 aliphatic carbocycles. The van der Waals surface area contributed by atoms with Gasteiger partial charge in [-0.15, -0.1) is 0 Å². The Morgan fingerprint density at radius 3 is 2.34 bits per heavy atom. The van der Waals surface area contributed by atoms with E-state index in [9.17, 15) is 9.59 Å². The average Bonchev–Trinajstić information content (AvgIpc) is 2.83. The second kappa shape index (κ2) is 11.5. The van der Waals surface area contributed by atoms with Gasteiger partial charge in [0, 0.05) is 51.5 Å². The molecule has 2 N–H and O–H groups in total. The molecule has 1 saturated heterocycles. The number of nitrogens with zero attached hydrogens (tertiary/aromatic N) is 2.